The first kappa shape index (κ1) is 23.4. The number of hydrogen-bond acceptors (Lipinski definition) is 10. The van der Waals surface area contributed by atoms with Crippen LogP contribution < -0.4 is 74.6 Å². The normalized spacial score (nSPS) is 12.5. The molecule has 3 N–H and O–H groups in total. The quantitative estimate of drug-likeness (QED) is 0.273. The molecule has 0 spiro atoms. The average Bonchev–Trinajstić information content (AvgIpc) is 2.83. The maximum Gasteiger partial charge on any atom is 1.00 e. The first-order valence-corrected chi connectivity index (χ1v) is 7.40. The SMILES string of the molecule is Nc1ncnc2c1ncn2COC(CO)OCP(=O)([O-])[O-].[Na+].[Na+]. The van der Waals surface area contributed by atoms with Gasteiger partial charge in [0.05, 0.1) is 19.3 Å². The molecular formula is C9H12N5Na2O6P. The Morgan fingerprint density at radius 2 is 2.00 bits per heavy atom. The zero-order valence-corrected chi connectivity index (χ0v) is 17.5. The van der Waals surface area contributed by atoms with Crippen molar-refractivity contribution >= 4 is 24.6 Å². The van der Waals surface area contributed by atoms with Crippen molar-refractivity contribution in [3.8, 4) is 0 Å². The molecular weight excluding hydrogens is 351 g/mol. The van der Waals surface area contributed by atoms with E-state index >= 15 is 0 Å². The van der Waals surface area contributed by atoms with Crippen LogP contribution >= 0.6 is 7.60 Å². The molecule has 0 aromatic carbocycles. The number of aliphatic hydroxyl groups excluding tert-OH is 1. The van der Waals surface area contributed by atoms with E-state index in [1.807, 2.05) is 0 Å². The van der Waals surface area contributed by atoms with Crippen molar-refractivity contribution < 1.29 is 88.0 Å². The summed E-state index contributed by atoms with van der Waals surface area (Å²) in [4.78, 5) is 32.7. The van der Waals surface area contributed by atoms with Crippen molar-refractivity contribution in [2.45, 2.75) is 13.0 Å². The molecule has 0 saturated heterocycles. The third-order valence-corrected chi connectivity index (χ3v) is 2.86. The Morgan fingerprint density at radius 1 is 1.30 bits per heavy atom. The molecule has 11 nitrogen and oxygen atoms in total. The second-order valence-electron chi connectivity index (χ2n) is 3.96. The summed E-state index contributed by atoms with van der Waals surface area (Å²) >= 11 is 0. The summed E-state index contributed by atoms with van der Waals surface area (Å²) < 4.78 is 21.7. The fourth-order valence-electron chi connectivity index (χ4n) is 1.48. The summed E-state index contributed by atoms with van der Waals surface area (Å²) in [5.41, 5.74) is 6.40. The van der Waals surface area contributed by atoms with E-state index in [1.54, 1.807) is 0 Å². The number of nitrogens with zero attached hydrogens (tertiary/aromatic N) is 4. The molecule has 0 aliphatic rings. The maximum absolute atomic E-state index is 10.5. The van der Waals surface area contributed by atoms with E-state index in [0.29, 0.717) is 11.2 Å². The molecule has 0 radical (unpaired) electrons. The molecule has 0 aliphatic carbocycles. The number of hydrogen-bond donors (Lipinski definition) is 2. The summed E-state index contributed by atoms with van der Waals surface area (Å²) in [6.07, 6.45) is 0.299. The van der Waals surface area contributed by atoms with Crippen LogP contribution in [0.2, 0.25) is 0 Å². The van der Waals surface area contributed by atoms with Crippen LogP contribution in [0.15, 0.2) is 12.7 Å². The standard InChI is InChI=1S/C9H14N5O6P.2Na/c10-8-7-9(12-2-11-8)14(3-13-7)4-19-6(1-15)20-5-21(16,17)18;;/h2-3,6,15H,1,4-5H2,(H2,10,11,12)(H2,16,17,18);;/q;2*+1/p-2. The number of ether oxygens (including phenoxy) is 2. The van der Waals surface area contributed by atoms with Crippen LogP contribution in [0, 0.1) is 0 Å². The number of nitrogens with two attached hydrogens (primary N) is 1. The van der Waals surface area contributed by atoms with E-state index in [-0.39, 0.29) is 71.7 Å². The van der Waals surface area contributed by atoms with Crippen LogP contribution in [-0.4, -0.2) is 43.9 Å². The van der Waals surface area contributed by atoms with Crippen LogP contribution in [0.1, 0.15) is 0 Å². The second kappa shape index (κ2) is 10.4. The molecule has 23 heavy (non-hydrogen) atoms. The summed E-state index contributed by atoms with van der Waals surface area (Å²) in [6, 6.07) is 0. The Balaban J connectivity index is 0.00000242. The van der Waals surface area contributed by atoms with E-state index in [1.165, 1.54) is 17.2 Å². The molecule has 116 valence electrons. The van der Waals surface area contributed by atoms with Gasteiger partial charge in [0, 0.05) is 0 Å². The fourth-order valence-corrected chi connectivity index (χ4v) is 1.83. The maximum atomic E-state index is 10.5. The minimum atomic E-state index is -4.83. The topological polar surface area (TPSA) is 172 Å². The average molecular weight is 363 g/mol. The Labute approximate surface area is 175 Å². The van der Waals surface area contributed by atoms with Crippen LogP contribution in [0.5, 0.6) is 0 Å². The molecule has 14 heteroatoms. The fraction of sp³-hybridized carbons (Fsp3) is 0.444. The molecule has 1 atom stereocenters. The zero-order chi connectivity index (χ0) is 15.5. The van der Waals surface area contributed by atoms with Gasteiger partial charge in [0.25, 0.3) is 0 Å². The summed E-state index contributed by atoms with van der Waals surface area (Å²) in [5.74, 6) is 0.201. The van der Waals surface area contributed by atoms with Gasteiger partial charge in [-0.2, -0.15) is 0 Å². The first-order valence-electron chi connectivity index (χ1n) is 5.67. The smallest absolute Gasteiger partial charge is 0.809 e. The van der Waals surface area contributed by atoms with Gasteiger partial charge in [-0.3, -0.25) is 4.57 Å². The molecule has 0 amide bonds. The molecule has 2 aromatic rings. The van der Waals surface area contributed by atoms with Crippen molar-refractivity contribution in [2.24, 2.45) is 0 Å². The van der Waals surface area contributed by atoms with Crippen LogP contribution in [-0.2, 0) is 20.8 Å². The predicted molar refractivity (Wildman–Crippen MR) is 65.3 cm³/mol. The number of nitrogen functional groups attached to an aromatic ring is 1. The molecule has 0 aliphatic heterocycles. The van der Waals surface area contributed by atoms with Gasteiger partial charge in [-0.25, -0.2) is 15.0 Å². The van der Waals surface area contributed by atoms with Gasteiger partial charge in [0.15, 0.2) is 17.8 Å². The zero-order valence-electron chi connectivity index (χ0n) is 12.7. The molecule has 0 bridgehead atoms. The van der Waals surface area contributed by atoms with Crippen LogP contribution in [0.4, 0.5) is 5.82 Å². The minimum absolute atomic E-state index is 0. The number of anilines is 1. The molecule has 0 fully saturated rings. The summed E-state index contributed by atoms with van der Waals surface area (Å²) in [7, 11) is -4.83. The number of aromatic nitrogens is 4. The molecule has 1 unspecified atom stereocenters. The van der Waals surface area contributed by atoms with E-state index in [4.69, 9.17) is 15.6 Å². The third-order valence-electron chi connectivity index (χ3n) is 2.40. The largest absolute Gasteiger partial charge is 1.00 e. The van der Waals surface area contributed by atoms with E-state index in [0.717, 1.165) is 0 Å². The number of aliphatic hydroxyl groups is 1. The van der Waals surface area contributed by atoms with E-state index in [9.17, 15) is 14.4 Å². The van der Waals surface area contributed by atoms with Gasteiger partial charge < -0.3 is 34.7 Å². The predicted octanol–water partition coefficient (Wildman–Crippen LogP) is -8.40. The molecule has 2 aromatic heterocycles. The number of imidazole rings is 1. The van der Waals surface area contributed by atoms with E-state index in [2.05, 4.69) is 19.7 Å². The Morgan fingerprint density at radius 3 is 2.61 bits per heavy atom. The first-order chi connectivity index (χ1) is 9.90. The number of fused-ring (bicyclic) bond motifs is 1. The van der Waals surface area contributed by atoms with Gasteiger partial charge in [0.2, 0.25) is 0 Å². The van der Waals surface area contributed by atoms with Crippen molar-refractivity contribution in [2.75, 3.05) is 18.7 Å². The monoisotopic (exact) mass is 363 g/mol. The van der Waals surface area contributed by atoms with Gasteiger partial charge in [-0.1, -0.05) is 0 Å². The minimum Gasteiger partial charge on any atom is -0.809 e. The van der Waals surface area contributed by atoms with Gasteiger partial charge in [-0.15, -0.1) is 0 Å². The van der Waals surface area contributed by atoms with Crippen LogP contribution in [0.3, 0.4) is 0 Å². The van der Waals surface area contributed by atoms with Gasteiger partial charge >= 0.3 is 59.1 Å². The van der Waals surface area contributed by atoms with Gasteiger partial charge in [0.1, 0.15) is 18.6 Å². The molecule has 0 saturated carbocycles. The second-order valence-corrected chi connectivity index (χ2v) is 5.44. The Hall–Kier alpha value is 0.380. The van der Waals surface area contributed by atoms with E-state index < -0.39 is 26.8 Å². The van der Waals surface area contributed by atoms with Crippen molar-refractivity contribution in [1.29, 1.82) is 0 Å². The van der Waals surface area contributed by atoms with Gasteiger partial charge in [-0.05, 0) is 7.60 Å². The molecule has 2 heterocycles. The Bertz CT molecular complexity index is 667. The summed E-state index contributed by atoms with van der Waals surface area (Å²) in [5, 5.41) is 8.99. The third kappa shape index (κ3) is 7.02. The van der Waals surface area contributed by atoms with Crippen molar-refractivity contribution in [3.63, 3.8) is 0 Å². The summed E-state index contributed by atoms with van der Waals surface area (Å²) in [6.45, 7) is -0.760. The van der Waals surface area contributed by atoms with Crippen molar-refractivity contribution in [1.82, 2.24) is 19.5 Å². The Kier molecular flexibility index (Phi) is 10.6. The van der Waals surface area contributed by atoms with Crippen LogP contribution in [0.25, 0.3) is 11.2 Å². The van der Waals surface area contributed by atoms with Crippen molar-refractivity contribution in [3.05, 3.63) is 12.7 Å². The molecule has 2 rings (SSSR count). The number of rotatable bonds is 7.